The van der Waals surface area contributed by atoms with Gasteiger partial charge in [0.15, 0.2) is 0 Å². The van der Waals surface area contributed by atoms with Gasteiger partial charge in [-0.2, -0.15) is 0 Å². The number of anilines is 1. The molecule has 0 aliphatic carbocycles. The van der Waals surface area contributed by atoms with Crippen LogP contribution in [0.1, 0.15) is 44.9 Å². The Kier molecular flexibility index (Phi) is 5.56. The van der Waals surface area contributed by atoms with Crippen molar-refractivity contribution in [3.63, 3.8) is 0 Å². The topological polar surface area (TPSA) is 65.5 Å². The molecule has 0 aromatic carbocycles. The fourth-order valence-corrected chi connectivity index (χ4v) is 2.67. The lowest BCUT2D eigenvalue weighted by Crippen LogP contribution is -2.38. The van der Waals surface area contributed by atoms with Crippen molar-refractivity contribution in [3.8, 4) is 0 Å². The first-order valence-electron chi connectivity index (χ1n) is 7.73. The van der Waals surface area contributed by atoms with E-state index >= 15 is 0 Å². The third-order valence-corrected chi connectivity index (χ3v) is 4.12. The number of piperidine rings is 1. The standard InChI is InChI=1S/C16H25N3O2/c1-3-16(21)15-5-4-14(11-18-15)19-8-6-13(7-9-19)10-17-12(2)20/h4-5,11,13,16,21H,3,6-10H2,1-2H3,(H,17,20)/t16-/m1/s1. The fourth-order valence-electron chi connectivity index (χ4n) is 2.67. The van der Waals surface area contributed by atoms with E-state index in [4.69, 9.17) is 0 Å². The summed E-state index contributed by atoms with van der Waals surface area (Å²) in [5, 5.41) is 12.7. The molecule has 1 aliphatic heterocycles. The lowest BCUT2D eigenvalue weighted by Gasteiger charge is -2.33. The van der Waals surface area contributed by atoms with E-state index in [1.165, 1.54) is 0 Å². The molecule has 5 nitrogen and oxygen atoms in total. The van der Waals surface area contributed by atoms with Gasteiger partial charge in [-0.1, -0.05) is 6.92 Å². The van der Waals surface area contributed by atoms with Crippen LogP contribution in [0.5, 0.6) is 0 Å². The molecule has 1 aliphatic rings. The number of nitrogens with zero attached hydrogens (tertiary/aromatic N) is 2. The summed E-state index contributed by atoms with van der Waals surface area (Å²) < 4.78 is 0. The number of amides is 1. The number of carbonyl (C=O) groups excluding carboxylic acids is 1. The largest absolute Gasteiger partial charge is 0.387 e. The van der Waals surface area contributed by atoms with Crippen LogP contribution in [-0.2, 0) is 4.79 Å². The Morgan fingerprint density at radius 3 is 2.71 bits per heavy atom. The molecule has 5 heteroatoms. The van der Waals surface area contributed by atoms with Crippen molar-refractivity contribution in [1.29, 1.82) is 0 Å². The number of carbonyl (C=O) groups is 1. The molecule has 1 aromatic rings. The number of aromatic nitrogens is 1. The van der Waals surface area contributed by atoms with E-state index in [2.05, 4.69) is 15.2 Å². The highest BCUT2D eigenvalue weighted by Crippen LogP contribution is 2.23. The maximum Gasteiger partial charge on any atom is 0.216 e. The molecule has 0 radical (unpaired) electrons. The van der Waals surface area contributed by atoms with Gasteiger partial charge >= 0.3 is 0 Å². The zero-order valence-electron chi connectivity index (χ0n) is 12.9. The summed E-state index contributed by atoms with van der Waals surface area (Å²) in [6, 6.07) is 3.95. The van der Waals surface area contributed by atoms with Gasteiger partial charge in [0.2, 0.25) is 5.91 Å². The van der Waals surface area contributed by atoms with Crippen LogP contribution in [0.15, 0.2) is 18.3 Å². The van der Waals surface area contributed by atoms with Crippen LogP contribution in [-0.4, -0.2) is 35.6 Å². The Bertz CT molecular complexity index is 453. The number of rotatable bonds is 5. The van der Waals surface area contributed by atoms with Gasteiger partial charge < -0.3 is 15.3 Å². The highest BCUT2D eigenvalue weighted by molar-refractivity contribution is 5.72. The molecule has 0 unspecified atom stereocenters. The summed E-state index contributed by atoms with van der Waals surface area (Å²) in [6.45, 7) is 6.26. The molecule has 1 fully saturated rings. The van der Waals surface area contributed by atoms with E-state index in [0.29, 0.717) is 12.3 Å². The molecule has 116 valence electrons. The molecule has 1 atom stereocenters. The van der Waals surface area contributed by atoms with E-state index in [1.54, 1.807) is 6.92 Å². The third kappa shape index (κ3) is 4.43. The van der Waals surface area contributed by atoms with Crippen molar-refractivity contribution in [2.24, 2.45) is 5.92 Å². The van der Waals surface area contributed by atoms with E-state index in [9.17, 15) is 9.90 Å². The quantitative estimate of drug-likeness (QED) is 0.869. The van der Waals surface area contributed by atoms with Crippen LogP contribution in [0.2, 0.25) is 0 Å². The second kappa shape index (κ2) is 7.41. The van der Waals surface area contributed by atoms with Crippen molar-refractivity contribution in [3.05, 3.63) is 24.0 Å². The molecule has 1 amide bonds. The first-order chi connectivity index (χ1) is 10.1. The van der Waals surface area contributed by atoms with E-state index in [0.717, 1.165) is 43.9 Å². The van der Waals surface area contributed by atoms with Gasteiger partial charge in [-0.25, -0.2) is 0 Å². The molecule has 1 saturated heterocycles. The first kappa shape index (κ1) is 15.8. The zero-order chi connectivity index (χ0) is 15.2. The van der Waals surface area contributed by atoms with Crippen molar-refractivity contribution in [1.82, 2.24) is 10.3 Å². The lowest BCUT2D eigenvalue weighted by molar-refractivity contribution is -0.119. The van der Waals surface area contributed by atoms with Crippen molar-refractivity contribution in [2.75, 3.05) is 24.5 Å². The van der Waals surface area contributed by atoms with E-state index < -0.39 is 6.10 Å². The molecule has 2 N–H and O–H groups in total. The Morgan fingerprint density at radius 2 is 2.19 bits per heavy atom. The summed E-state index contributed by atoms with van der Waals surface area (Å²) in [6.07, 6.45) is 4.23. The first-order valence-corrected chi connectivity index (χ1v) is 7.73. The Morgan fingerprint density at radius 1 is 1.48 bits per heavy atom. The monoisotopic (exact) mass is 291 g/mol. The van der Waals surface area contributed by atoms with Crippen LogP contribution in [0, 0.1) is 5.92 Å². The SMILES string of the molecule is CC[C@@H](O)c1ccc(N2CCC(CNC(C)=O)CC2)cn1. The lowest BCUT2D eigenvalue weighted by atomic mass is 9.96. The molecule has 21 heavy (non-hydrogen) atoms. The van der Waals surface area contributed by atoms with Crippen LogP contribution in [0.4, 0.5) is 5.69 Å². The van der Waals surface area contributed by atoms with Gasteiger partial charge in [-0.15, -0.1) is 0 Å². The van der Waals surface area contributed by atoms with E-state index in [1.807, 2.05) is 25.3 Å². The maximum atomic E-state index is 10.9. The predicted octanol–water partition coefficient (Wildman–Crippen LogP) is 1.88. The highest BCUT2D eigenvalue weighted by atomic mass is 16.3. The number of hydrogen-bond acceptors (Lipinski definition) is 4. The second-order valence-corrected chi connectivity index (χ2v) is 5.73. The second-order valence-electron chi connectivity index (χ2n) is 5.73. The fraction of sp³-hybridized carbons (Fsp3) is 0.625. The van der Waals surface area contributed by atoms with Crippen LogP contribution >= 0.6 is 0 Å². The molecular weight excluding hydrogens is 266 g/mol. The average molecular weight is 291 g/mol. The molecule has 2 heterocycles. The highest BCUT2D eigenvalue weighted by Gasteiger charge is 2.20. The molecule has 1 aromatic heterocycles. The minimum Gasteiger partial charge on any atom is -0.387 e. The zero-order valence-corrected chi connectivity index (χ0v) is 12.9. The van der Waals surface area contributed by atoms with Gasteiger partial charge in [0.25, 0.3) is 0 Å². The smallest absolute Gasteiger partial charge is 0.216 e. The van der Waals surface area contributed by atoms with Crippen LogP contribution < -0.4 is 10.2 Å². The number of nitrogens with one attached hydrogen (secondary N) is 1. The third-order valence-electron chi connectivity index (χ3n) is 4.12. The van der Waals surface area contributed by atoms with Crippen molar-refractivity contribution in [2.45, 2.75) is 39.2 Å². The maximum absolute atomic E-state index is 10.9. The minimum absolute atomic E-state index is 0.0479. The summed E-state index contributed by atoms with van der Waals surface area (Å²) in [7, 11) is 0. The summed E-state index contributed by atoms with van der Waals surface area (Å²) >= 11 is 0. The number of aliphatic hydroxyl groups excluding tert-OH is 1. The molecule has 2 rings (SSSR count). The molecule has 0 saturated carbocycles. The summed E-state index contributed by atoms with van der Waals surface area (Å²) in [4.78, 5) is 17.6. The van der Waals surface area contributed by atoms with Crippen LogP contribution in [0.3, 0.4) is 0 Å². The average Bonchev–Trinajstić information content (AvgIpc) is 2.53. The van der Waals surface area contributed by atoms with Gasteiger partial charge in [0.1, 0.15) is 0 Å². The Balaban J connectivity index is 1.86. The predicted molar refractivity (Wildman–Crippen MR) is 83.1 cm³/mol. The summed E-state index contributed by atoms with van der Waals surface area (Å²) in [5.74, 6) is 0.617. The molecule has 0 spiro atoms. The number of hydrogen-bond donors (Lipinski definition) is 2. The van der Waals surface area contributed by atoms with E-state index in [-0.39, 0.29) is 5.91 Å². The van der Waals surface area contributed by atoms with Gasteiger partial charge in [0.05, 0.1) is 23.7 Å². The Hall–Kier alpha value is -1.62. The van der Waals surface area contributed by atoms with Crippen LogP contribution in [0.25, 0.3) is 0 Å². The normalized spacial score (nSPS) is 17.6. The minimum atomic E-state index is -0.470. The molecular formula is C16H25N3O2. The number of pyridine rings is 1. The van der Waals surface area contributed by atoms with Crippen molar-refractivity contribution >= 4 is 11.6 Å². The number of aliphatic hydroxyl groups is 1. The van der Waals surface area contributed by atoms with Crippen molar-refractivity contribution < 1.29 is 9.90 Å². The van der Waals surface area contributed by atoms with Gasteiger partial charge in [0, 0.05) is 26.6 Å². The van der Waals surface area contributed by atoms with Gasteiger partial charge in [-0.05, 0) is 37.3 Å². The molecule has 0 bridgehead atoms. The summed E-state index contributed by atoms with van der Waals surface area (Å²) in [5.41, 5.74) is 1.85. The Labute approximate surface area is 126 Å². The van der Waals surface area contributed by atoms with Gasteiger partial charge in [-0.3, -0.25) is 9.78 Å².